The third-order valence-electron chi connectivity index (χ3n) is 2.67. The van der Waals surface area contributed by atoms with Crippen LogP contribution < -0.4 is 0 Å². The Morgan fingerprint density at radius 1 is 1.36 bits per heavy atom. The summed E-state index contributed by atoms with van der Waals surface area (Å²) < 4.78 is 4.94. The van der Waals surface area contributed by atoms with Gasteiger partial charge in [-0.3, -0.25) is 4.79 Å². The molecule has 0 bridgehead atoms. The molecule has 3 heteroatoms. The van der Waals surface area contributed by atoms with Crippen LogP contribution in [0.1, 0.15) is 19.3 Å². The lowest BCUT2D eigenvalue weighted by molar-refractivity contribution is -0.151. The van der Waals surface area contributed by atoms with Crippen LogP contribution in [0.4, 0.5) is 0 Å². The third-order valence-corrected chi connectivity index (χ3v) is 3.03. The molecule has 2 aliphatic rings. The van der Waals surface area contributed by atoms with Crippen LogP contribution in [0, 0.1) is 11.8 Å². The van der Waals surface area contributed by atoms with Crippen LogP contribution in [0.2, 0.25) is 0 Å². The van der Waals surface area contributed by atoms with E-state index in [0.717, 1.165) is 12.8 Å². The number of rotatable bonds is 0. The largest absolute Gasteiger partial charge is 0.465 e. The summed E-state index contributed by atoms with van der Waals surface area (Å²) in [5.74, 6) is 1.02. The Morgan fingerprint density at radius 2 is 2.09 bits per heavy atom. The van der Waals surface area contributed by atoms with Crippen LogP contribution in [-0.2, 0) is 9.53 Å². The van der Waals surface area contributed by atoms with Gasteiger partial charge in [0.15, 0.2) is 0 Å². The molecule has 2 rings (SSSR count). The molecule has 0 aromatic rings. The number of alkyl halides is 1. The number of ether oxygens (including phenoxy) is 1. The van der Waals surface area contributed by atoms with Crippen molar-refractivity contribution in [3.63, 3.8) is 0 Å². The fraction of sp³-hybridized carbons (Fsp3) is 0.875. The summed E-state index contributed by atoms with van der Waals surface area (Å²) in [7, 11) is 0. The molecule has 0 N–H and O–H groups in total. The van der Waals surface area contributed by atoms with Gasteiger partial charge in [0.2, 0.25) is 0 Å². The Balaban J connectivity index is 2.02. The number of cyclic esters (lactones) is 1. The fourth-order valence-corrected chi connectivity index (χ4v) is 2.52. The smallest absolute Gasteiger partial charge is 0.306 e. The van der Waals surface area contributed by atoms with E-state index in [4.69, 9.17) is 16.3 Å². The molecule has 2 fully saturated rings. The van der Waals surface area contributed by atoms with E-state index in [1.54, 1.807) is 0 Å². The minimum absolute atomic E-state index is 0.0444. The van der Waals surface area contributed by atoms with Gasteiger partial charge in [-0.2, -0.15) is 0 Å². The van der Waals surface area contributed by atoms with Gasteiger partial charge >= 0.3 is 5.97 Å². The molecular weight excluding hydrogens is 164 g/mol. The first-order valence-corrected chi connectivity index (χ1v) is 4.49. The Kier molecular flexibility index (Phi) is 1.80. The molecule has 1 heterocycles. The van der Waals surface area contributed by atoms with Crippen molar-refractivity contribution in [1.29, 1.82) is 0 Å². The van der Waals surface area contributed by atoms with Gasteiger partial charge in [0.25, 0.3) is 0 Å². The van der Waals surface area contributed by atoms with E-state index < -0.39 is 0 Å². The lowest BCUT2D eigenvalue weighted by Crippen LogP contribution is -2.26. The zero-order chi connectivity index (χ0) is 7.84. The van der Waals surface area contributed by atoms with Crippen molar-refractivity contribution in [2.75, 3.05) is 6.61 Å². The number of esters is 1. The highest BCUT2D eigenvalue weighted by molar-refractivity contribution is 6.20. The minimum atomic E-state index is -0.0444. The second kappa shape index (κ2) is 2.67. The molecule has 0 amide bonds. The maximum atomic E-state index is 10.8. The first-order valence-electron chi connectivity index (χ1n) is 4.05. The van der Waals surface area contributed by atoms with Crippen LogP contribution in [0.3, 0.4) is 0 Å². The van der Waals surface area contributed by atoms with E-state index in [0.29, 0.717) is 24.9 Å². The maximum absolute atomic E-state index is 10.8. The second-order valence-electron chi connectivity index (χ2n) is 3.48. The summed E-state index contributed by atoms with van der Waals surface area (Å²) >= 11 is 5.97. The summed E-state index contributed by atoms with van der Waals surface area (Å²) in [5.41, 5.74) is 0. The highest BCUT2D eigenvalue weighted by Gasteiger charge is 2.38. The molecule has 1 aliphatic heterocycles. The molecule has 62 valence electrons. The standard InChI is InChI=1S/C8H11ClO2/c9-7-1-5-3-8(10)11-4-6(5)2-7/h5-7H,1-4H2/t5-,6+,7?/m0/s1. The molecule has 0 aromatic carbocycles. The van der Waals surface area contributed by atoms with E-state index in [9.17, 15) is 4.79 Å². The number of halogens is 1. The number of carbonyl (C=O) groups excluding carboxylic acids is 1. The fourth-order valence-electron chi connectivity index (χ4n) is 2.07. The molecule has 3 atom stereocenters. The molecule has 0 aromatic heterocycles. The third kappa shape index (κ3) is 1.36. The SMILES string of the molecule is O=C1C[C@@H]2CC(Cl)C[C@@H]2CO1. The molecule has 0 spiro atoms. The van der Waals surface area contributed by atoms with Crippen molar-refractivity contribution in [2.24, 2.45) is 11.8 Å². The van der Waals surface area contributed by atoms with Crippen molar-refractivity contribution >= 4 is 17.6 Å². The van der Waals surface area contributed by atoms with Gasteiger partial charge in [0, 0.05) is 11.8 Å². The monoisotopic (exact) mass is 174 g/mol. The summed E-state index contributed by atoms with van der Waals surface area (Å²) in [5, 5.41) is 0.277. The van der Waals surface area contributed by atoms with E-state index >= 15 is 0 Å². The average Bonchev–Trinajstić information content (AvgIpc) is 2.27. The Labute approximate surface area is 70.9 Å². The molecule has 1 saturated heterocycles. The van der Waals surface area contributed by atoms with Gasteiger partial charge in [-0.1, -0.05) is 0 Å². The predicted octanol–water partition coefficient (Wildman–Crippen LogP) is 1.57. The quantitative estimate of drug-likeness (QED) is 0.412. The molecule has 11 heavy (non-hydrogen) atoms. The lowest BCUT2D eigenvalue weighted by atomic mass is 9.92. The first-order chi connectivity index (χ1) is 5.25. The summed E-state index contributed by atoms with van der Waals surface area (Å²) in [6.45, 7) is 0.604. The topological polar surface area (TPSA) is 26.3 Å². The van der Waals surface area contributed by atoms with Crippen molar-refractivity contribution in [3.8, 4) is 0 Å². The predicted molar refractivity (Wildman–Crippen MR) is 41.4 cm³/mol. The zero-order valence-corrected chi connectivity index (χ0v) is 7.01. The van der Waals surface area contributed by atoms with Crippen LogP contribution in [-0.4, -0.2) is 18.0 Å². The number of hydrogen-bond acceptors (Lipinski definition) is 2. The van der Waals surface area contributed by atoms with E-state index in [1.165, 1.54) is 0 Å². The van der Waals surface area contributed by atoms with Gasteiger partial charge in [-0.25, -0.2) is 0 Å². The van der Waals surface area contributed by atoms with Crippen LogP contribution >= 0.6 is 11.6 Å². The minimum Gasteiger partial charge on any atom is -0.465 e. The summed E-state index contributed by atoms with van der Waals surface area (Å²) in [6.07, 6.45) is 2.62. The molecule has 1 saturated carbocycles. The van der Waals surface area contributed by atoms with E-state index in [-0.39, 0.29) is 11.3 Å². The number of carbonyl (C=O) groups is 1. The number of hydrogen-bond donors (Lipinski definition) is 0. The van der Waals surface area contributed by atoms with Gasteiger partial charge in [0.05, 0.1) is 6.61 Å². The van der Waals surface area contributed by atoms with E-state index in [2.05, 4.69) is 0 Å². The highest BCUT2D eigenvalue weighted by Crippen LogP contribution is 2.39. The van der Waals surface area contributed by atoms with Gasteiger partial charge < -0.3 is 4.74 Å². The second-order valence-corrected chi connectivity index (χ2v) is 4.09. The zero-order valence-electron chi connectivity index (χ0n) is 6.25. The van der Waals surface area contributed by atoms with Crippen LogP contribution in [0.25, 0.3) is 0 Å². The molecule has 1 aliphatic carbocycles. The van der Waals surface area contributed by atoms with Crippen LogP contribution in [0.5, 0.6) is 0 Å². The highest BCUT2D eigenvalue weighted by atomic mass is 35.5. The maximum Gasteiger partial charge on any atom is 0.306 e. The molecule has 1 unspecified atom stereocenters. The Bertz CT molecular complexity index is 181. The molecule has 2 nitrogen and oxygen atoms in total. The Hall–Kier alpha value is -0.240. The van der Waals surface area contributed by atoms with Gasteiger partial charge in [-0.15, -0.1) is 11.6 Å². The van der Waals surface area contributed by atoms with Gasteiger partial charge in [0.1, 0.15) is 0 Å². The summed E-state index contributed by atoms with van der Waals surface area (Å²) in [4.78, 5) is 10.8. The molecule has 0 radical (unpaired) electrons. The average molecular weight is 175 g/mol. The van der Waals surface area contributed by atoms with Gasteiger partial charge in [-0.05, 0) is 24.7 Å². The van der Waals surface area contributed by atoms with Crippen molar-refractivity contribution in [2.45, 2.75) is 24.6 Å². The van der Waals surface area contributed by atoms with E-state index in [1.807, 2.05) is 0 Å². The van der Waals surface area contributed by atoms with Crippen molar-refractivity contribution < 1.29 is 9.53 Å². The summed E-state index contributed by atoms with van der Waals surface area (Å²) in [6, 6.07) is 0. The van der Waals surface area contributed by atoms with Crippen molar-refractivity contribution in [1.82, 2.24) is 0 Å². The first kappa shape index (κ1) is 7.41. The number of fused-ring (bicyclic) bond motifs is 1. The molecular formula is C8H11ClO2. The van der Waals surface area contributed by atoms with Crippen molar-refractivity contribution in [3.05, 3.63) is 0 Å². The lowest BCUT2D eigenvalue weighted by Gasteiger charge is -2.23. The normalized spacial score (nSPS) is 43.4. The van der Waals surface area contributed by atoms with Crippen LogP contribution in [0.15, 0.2) is 0 Å². The Morgan fingerprint density at radius 3 is 2.91 bits per heavy atom.